The molecular weight excluding hydrogens is 320 g/mol. The van der Waals surface area contributed by atoms with Crippen LogP contribution in [-0.4, -0.2) is 6.04 Å². The molecule has 5 heteroatoms. The lowest BCUT2D eigenvalue weighted by Crippen LogP contribution is -2.26. The third-order valence-electron chi connectivity index (χ3n) is 3.01. The van der Waals surface area contributed by atoms with Crippen LogP contribution in [0.15, 0.2) is 36.4 Å². The maximum Gasteiger partial charge on any atom is 0.127 e. The Hall–Kier alpha value is -0.800. The van der Waals surface area contributed by atoms with Crippen molar-refractivity contribution in [2.24, 2.45) is 5.73 Å². The first-order valence-electron chi connectivity index (χ1n) is 6.09. The fourth-order valence-electron chi connectivity index (χ4n) is 2.03. The zero-order chi connectivity index (χ0) is 14.7. The summed E-state index contributed by atoms with van der Waals surface area (Å²) in [5.74, 6) is -0.331. The second kappa shape index (κ2) is 6.77. The highest BCUT2D eigenvalue weighted by Crippen LogP contribution is 2.24. The molecule has 0 amide bonds. The second-order valence-corrected chi connectivity index (χ2v) is 5.84. The fourth-order valence-corrected chi connectivity index (χ4v) is 2.59. The molecule has 0 aliphatic heterocycles. The molecule has 0 bridgehead atoms. The van der Waals surface area contributed by atoms with Gasteiger partial charge in [-0.05, 0) is 42.7 Å². The standard InChI is InChI=1S/C15H13Cl3FN/c16-12-2-1-3-15(19)11(12)8-10(20)6-9-4-5-13(17)14(18)7-9/h1-5,7,10H,6,8,20H2. The molecule has 0 radical (unpaired) electrons. The van der Waals surface area contributed by atoms with Crippen LogP contribution in [-0.2, 0) is 12.8 Å². The summed E-state index contributed by atoms with van der Waals surface area (Å²) in [6.45, 7) is 0. The van der Waals surface area contributed by atoms with Gasteiger partial charge in [-0.3, -0.25) is 0 Å². The van der Waals surface area contributed by atoms with Gasteiger partial charge in [0.2, 0.25) is 0 Å². The van der Waals surface area contributed by atoms with Gasteiger partial charge in [0.1, 0.15) is 5.82 Å². The molecule has 2 rings (SSSR count). The zero-order valence-electron chi connectivity index (χ0n) is 10.5. The van der Waals surface area contributed by atoms with Gasteiger partial charge in [0, 0.05) is 16.6 Å². The molecule has 0 saturated carbocycles. The molecule has 0 aliphatic carbocycles. The van der Waals surface area contributed by atoms with Crippen molar-refractivity contribution < 1.29 is 4.39 Å². The Morgan fingerprint density at radius 3 is 2.35 bits per heavy atom. The van der Waals surface area contributed by atoms with E-state index < -0.39 is 0 Å². The normalized spacial score (nSPS) is 12.4. The van der Waals surface area contributed by atoms with Gasteiger partial charge >= 0.3 is 0 Å². The van der Waals surface area contributed by atoms with Crippen molar-refractivity contribution in [3.63, 3.8) is 0 Å². The van der Waals surface area contributed by atoms with E-state index in [2.05, 4.69) is 0 Å². The van der Waals surface area contributed by atoms with Crippen LogP contribution in [0.2, 0.25) is 15.1 Å². The monoisotopic (exact) mass is 331 g/mol. The van der Waals surface area contributed by atoms with Gasteiger partial charge in [0.15, 0.2) is 0 Å². The van der Waals surface area contributed by atoms with Gasteiger partial charge in [0.25, 0.3) is 0 Å². The van der Waals surface area contributed by atoms with Gasteiger partial charge < -0.3 is 5.73 Å². The highest BCUT2D eigenvalue weighted by molar-refractivity contribution is 6.42. The average Bonchev–Trinajstić information content (AvgIpc) is 2.38. The molecule has 1 nitrogen and oxygen atoms in total. The molecule has 0 aromatic heterocycles. The van der Waals surface area contributed by atoms with Gasteiger partial charge in [0.05, 0.1) is 10.0 Å². The third-order valence-corrected chi connectivity index (χ3v) is 4.10. The first kappa shape index (κ1) is 15.6. The van der Waals surface area contributed by atoms with E-state index in [1.165, 1.54) is 6.07 Å². The van der Waals surface area contributed by atoms with E-state index in [1.807, 2.05) is 6.07 Å². The molecule has 0 spiro atoms. The van der Waals surface area contributed by atoms with E-state index in [0.29, 0.717) is 33.5 Å². The molecule has 0 saturated heterocycles. The van der Waals surface area contributed by atoms with Crippen molar-refractivity contribution in [1.29, 1.82) is 0 Å². The topological polar surface area (TPSA) is 26.0 Å². The Bertz CT molecular complexity index is 596. The molecule has 106 valence electrons. The van der Waals surface area contributed by atoms with E-state index in [9.17, 15) is 4.39 Å². The smallest absolute Gasteiger partial charge is 0.127 e. The maximum atomic E-state index is 13.7. The van der Waals surface area contributed by atoms with Gasteiger partial charge in [-0.2, -0.15) is 0 Å². The average molecular weight is 333 g/mol. The van der Waals surface area contributed by atoms with E-state index in [-0.39, 0.29) is 11.9 Å². The largest absolute Gasteiger partial charge is 0.327 e. The number of hydrogen-bond donors (Lipinski definition) is 1. The van der Waals surface area contributed by atoms with Crippen molar-refractivity contribution in [3.05, 3.63) is 68.4 Å². The Balaban J connectivity index is 2.09. The molecule has 0 aliphatic rings. The summed E-state index contributed by atoms with van der Waals surface area (Å²) in [5, 5.41) is 1.39. The minimum atomic E-state index is -0.331. The van der Waals surface area contributed by atoms with Crippen molar-refractivity contribution in [2.75, 3.05) is 0 Å². The predicted octanol–water partition coefficient (Wildman–Crippen LogP) is 4.90. The maximum absolute atomic E-state index is 13.7. The minimum Gasteiger partial charge on any atom is -0.327 e. The molecule has 2 aromatic rings. The van der Waals surface area contributed by atoms with E-state index in [0.717, 1.165) is 5.56 Å². The second-order valence-electron chi connectivity index (χ2n) is 4.62. The number of halogens is 4. The quantitative estimate of drug-likeness (QED) is 0.847. The summed E-state index contributed by atoms with van der Waals surface area (Å²) in [6, 6.07) is 9.72. The molecule has 2 N–H and O–H groups in total. The number of benzene rings is 2. The summed E-state index contributed by atoms with van der Waals surface area (Å²) < 4.78 is 13.7. The molecular formula is C15H13Cl3FN. The molecule has 2 aromatic carbocycles. The Labute approximate surface area is 132 Å². The van der Waals surface area contributed by atoms with Crippen molar-refractivity contribution >= 4 is 34.8 Å². The molecule has 1 atom stereocenters. The summed E-state index contributed by atoms with van der Waals surface area (Å²) in [5.41, 5.74) is 7.47. The van der Waals surface area contributed by atoms with Crippen molar-refractivity contribution in [1.82, 2.24) is 0 Å². The fraction of sp³-hybridized carbons (Fsp3) is 0.200. The molecule has 1 unspecified atom stereocenters. The van der Waals surface area contributed by atoms with Crippen LogP contribution < -0.4 is 5.73 Å². The van der Waals surface area contributed by atoms with E-state index in [4.69, 9.17) is 40.5 Å². The molecule has 0 heterocycles. The lowest BCUT2D eigenvalue weighted by atomic mass is 9.99. The van der Waals surface area contributed by atoms with Crippen LogP contribution in [0.1, 0.15) is 11.1 Å². The molecule has 20 heavy (non-hydrogen) atoms. The van der Waals surface area contributed by atoms with E-state index >= 15 is 0 Å². The summed E-state index contributed by atoms with van der Waals surface area (Å²) >= 11 is 17.8. The summed E-state index contributed by atoms with van der Waals surface area (Å²) in [4.78, 5) is 0. The Morgan fingerprint density at radius 2 is 1.70 bits per heavy atom. The van der Waals surface area contributed by atoms with Crippen LogP contribution in [0.4, 0.5) is 4.39 Å². The number of hydrogen-bond acceptors (Lipinski definition) is 1. The number of rotatable bonds is 4. The first-order valence-corrected chi connectivity index (χ1v) is 7.23. The lowest BCUT2D eigenvalue weighted by Gasteiger charge is -2.14. The predicted molar refractivity (Wildman–Crippen MR) is 83.3 cm³/mol. The molecule has 0 fully saturated rings. The van der Waals surface area contributed by atoms with Gasteiger partial charge in [-0.1, -0.05) is 46.9 Å². The highest BCUT2D eigenvalue weighted by atomic mass is 35.5. The summed E-state index contributed by atoms with van der Waals surface area (Å²) in [7, 11) is 0. The minimum absolute atomic E-state index is 0.248. The van der Waals surface area contributed by atoms with Gasteiger partial charge in [-0.25, -0.2) is 4.39 Å². The van der Waals surface area contributed by atoms with Crippen LogP contribution in [0.5, 0.6) is 0 Å². The van der Waals surface area contributed by atoms with E-state index in [1.54, 1.807) is 24.3 Å². The van der Waals surface area contributed by atoms with Crippen LogP contribution in [0.3, 0.4) is 0 Å². The van der Waals surface area contributed by atoms with Crippen molar-refractivity contribution in [3.8, 4) is 0 Å². The summed E-state index contributed by atoms with van der Waals surface area (Å²) in [6.07, 6.45) is 0.938. The SMILES string of the molecule is NC(Cc1ccc(Cl)c(Cl)c1)Cc1c(F)cccc1Cl. The Morgan fingerprint density at radius 1 is 0.950 bits per heavy atom. The van der Waals surface area contributed by atoms with Gasteiger partial charge in [-0.15, -0.1) is 0 Å². The van der Waals surface area contributed by atoms with Crippen LogP contribution >= 0.6 is 34.8 Å². The van der Waals surface area contributed by atoms with Crippen LogP contribution in [0.25, 0.3) is 0 Å². The number of nitrogens with two attached hydrogens (primary N) is 1. The highest BCUT2D eigenvalue weighted by Gasteiger charge is 2.13. The lowest BCUT2D eigenvalue weighted by molar-refractivity contribution is 0.584. The third kappa shape index (κ3) is 3.86. The Kier molecular flexibility index (Phi) is 5.28. The van der Waals surface area contributed by atoms with Crippen molar-refractivity contribution in [2.45, 2.75) is 18.9 Å². The first-order chi connectivity index (χ1) is 9.47. The van der Waals surface area contributed by atoms with Crippen LogP contribution in [0, 0.1) is 5.82 Å². The zero-order valence-corrected chi connectivity index (χ0v) is 12.8.